The molecule has 1 saturated heterocycles. The molecule has 0 atom stereocenters. The number of β-amino-alcohol motifs (C(OH)–C–C–N with tert-alkyl or cyclic N) is 2. The lowest BCUT2D eigenvalue weighted by Crippen LogP contribution is -2.63. The molecule has 0 bridgehead atoms. The summed E-state index contributed by atoms with van der Waals surface area (Å²) in [4.78, 5) is 2.16. The van der Waals surface area contributed by atoms with Gasteiger partial charge in [-0.15, -0.1) is 0 Å². The first-order chi connectivity index (χ1) is 6.49. The number of rotatable bonds is 2. The summed E-state index contributed by atoms with van der Waals surface area (Å²) >= 11 is 0. The molecule has 1 heterocycles. The van der Waals surface area contributed by atoms with Crippen LogP contribution in [0.25, 0.3) is 0 Å². The zero-order valence-corrected chi connectivity index (χ0v) is 9.00. The second-order valence-electron chi connectivity index (χ2n) is 5.43. The van der Waals surface area contributed by atoms with Crippen LogP contribution in [0.15, 0.2) is 0 Å². The predicted octanol–water partition coefficient (Wildman–Crippen LogP) is 0.748. The fraction of sp³-hybridized carbons (Fsp3) is 1.00. The fourth-order valence-electron chi connectivity index (χ4n) is 2.81. The van der Waals surface area contributed by atoms with E-state index < -0.39 is 11.2 Å². The number of aliphatic hydroxyl groups is 2. The zero-order chi connectivity index (χ0) is 10.2. The van der Waals surface area contributed by atoms with E-state index in [1.165, 1.54) is 6.42 Å². The summed E-state index contributed by atoms with van der Waals surface area (Å²) in [5, 5.41) is 19.8. The van der Waals surface area contributed by atoms with Crippen LogP contribution in [0, 0.1) is 0 Å². The number of likely N-dealkylation sites (tertiary alicyclic amines) is 1. The third-order valence-corrected chi connectivity index (χ3v) is 3.43. The highest BCUT2D eigenvalue weighted by molar-refractivity contribution is 4.96. The summed E-state index contributed by atoms with van der Waals surface area (Å²) < 4.78 is 0. The van der Waals surface area contributed by atoms with Crippen molar-refractivity contribution in [3.63, 3.8) is 0 Å². The minimum Gasteiger partial charge on any atom is -0.389 e. The molecule has 14 heavy (non-hydrogen) atoms. The normalized spacial score (nSPS) is 31.1. The van der Waals surface area contributed by atoms with Gasteiger partial charge in [-0.05, 0) is 19.8 Å². The quantitative estimate of drug-likeness (QED) is 0.689. The van der Waals surface area contributed by atoms with E-state index in [9.17, 15) is 10.2 Å². The van der Waals surface area contributed by atoms with Gasteiger partial charge in [-0.2, -0.15) is 0 Å². The van der Waals surface area contributed by atoms with Gasteiger partial charge in [-0.1, -0.05) is 19.3 Å². The Morgan fingerprint density at radius 1 is 1.07 bits per heavy atom. The summed E-state index contributed by atoms with van der Waals surface area (Å²) in [5.41, 5.74) is -0.972. The third kappa shape index (κ3) is 2.27. The molecule has 2 aliphatic rings. The van der Waals surface area contributed by atoms with E-state index in [4.69, 9.17) is 0 Å². The van der Waals surface area contributed by atoms with Gasteiger partial charge < -0.3 is 10.2 Å². The van der Waals surface area contributed by atoms with Gasteiger partial charge in [-0.25, -0.2) is 0 Å². The van der Waals surface area contributed by atoms with Crippen LogP contribution in [0.3, 0.4) is 0 Å². The van der Waals surface area contributed by atoms with Gasteiger partial charge in [0.25, 0.3) is 0 Å². The van der Waals surface area contributed by atoms with Crippen molar-refractivity contribution < 1.29 is 10.2 Å². The largest absolute Gasteiger partial charge is 0.389 e. The minimum absolute atomic E-state index is 0.464. The summed E-state index contributed by atoms with van der Waals surface area (Å²) in [6.07, 6.45) is 5.44. The Bertz CT molecular complexity index is 201. The summed E-state index contributed by atoms with van der Waals surface area (Å²) in [6.45, 7) is 4.04. The van der Waals surface area contributed by atoms with Gasteiger partial charge in [0.15, 0.2) is 0 Å². The van der Waals surface area contributed by atoms with Gasteiger partial charge in [0.05, 0.1) is 11.2 Å². The van der Waals surface area contributed by atoms with E-state index in [0.717, 1.165) is 45.3 Å². The molecule has 2 N–H and O–H groups in total. The molecular formula is C11H21NO2. The first-order valence-electron chi connectivity index (χ1n) is 5.66. The Morgan fingerprint density at radius 3 is 2.14 bits per heavy atom. The Morgan fingerprint density at radius 2 is 1.64 bits per heavy atom. The van der Waals surface area contributed by atoms with Gasteiger partial charge in [0, 0.05) is 19.6 Å². The predicted molar refractivity (Wildman–Crippen MR) is 55.1 cm³/mol. The van der Waals surface area contributed by atoms with E-state index in [2.05, 4.69) is 4.90 Å². The fourth-order valence-corrected chi connectivity index (χ4v) is 2.81. The highest BCUT2D eigenvalue weighted by atomic mass is 16.3. The summed E-state index contributed by atoms with van der Waals surface area (Å²) in [5.74, 6) is 0. The van der Waals surface area contributed by atoms with Crippen LogP contribution in [0.5, 0.6) is 0 Å². The molecule has 1 saturated carbocycles. The van der Waals surface area contributed by atoms with Crippen LogP contribution in [-0.2, 0) is 0 Å². The highest BCUT2D eigenvalue weighted by Gasteiger charge is 2.41. The molecule has 0 amide bonds. The lowest BCUT2D eigenvalue weighted by Gasteiger charge is -2.48. The monoisotopic (exact) mass is 199 g/mol. The lowest BCUT2D eigenvalue weighted by molar-refractivity contribution is -0.121. The molecule has 0 aromatic carbocycles. The number of hydrogen-bond donors (Lipinski definition) is 2. The molecule has 2 fully saturated rings. The van der Waals surface area contributed by atoms with Crippen LogP contribution in [0.1, 0.15) is 39.0 Å². The minimum atomic E-state index is -0.509. The van der Waals surface area contributed by atoms with E-state index in [-0.39, 0.29) is 0 Å². The van der Waals surface area contributed by atoms with Crippen molar-refractivity contribution in [3.05, 3.63) is 0 Å². The average molecular weight is 199 g/mol. The molecule has 3 heteroatoms. The first kappa shape index (κ1) is 10.4. The average Bonchev–Trinajstić information content (AvgIpc) is 2.01. The second-order valence-corrected chi connectivity index (χ2v) is 5.43. The molecule has 1 aliphatic heterocycles. The smallest absolute Gasteiger partial charge is 0.0872 e. The Hall–Kier alpha value is -0.120. The number of hydrogen-bond acceptors (Lipinski definition) is 3. The summed E-state index contributed by atoms with van der Waals surface area (Å²) in [7, 11) is 0. The molecule has 0 radical (unpaired) electrons. The van der Waals surface area contributed by atoms with Crippen molar-refractivity contribution in [2.24, 2.45) is 0 Å². The topological polar surface area (TPSA) is 43.7 Å². The third-order valence-electron chi connectivity index (χ3n) is 3.43. The van der Waals surface area contributed by atoms with E-state index >= 15 is 0 Å². The van der Waals surface area contributed by atoms with Crippen molar-refractivity contribution >= 4 is 0 Å². The Balaban J connectivity index is 1.79. The van der Waals surface area contributed by atoms with Crippen LogP contribution in [0.4, 0.5) is 0 Å². The van der Waals surface area contributed by atoms with Gasteiger partial charge in [-0.3, -0.25) is 4.90 Å². The lowest BCUT2D eigenvalue weighted by atomic mass is 9.83. The second kappa shape index (κ2) is 3.47. The van der Waals surface area contributed by atoms with Crippen molar-refractivity contribution in [3.8, 4) is 0 Å². The molecular weight excluding hydrogens is 178 g/mol. The SMILES string of the molecule is CC1(O)CN(CC2(O)CCCCC2)C1. The molecule has 1 aliphatic carbocycles. The van der Waals surface area contributed by atoms with E-state index in [1.54, 1.807) is 0 Å². The van der Waals surface area contributed by atoms with Crippen molar-refractivity contribution in [2.75, 3.05) is 19.6 Å². The van der Waals surface area contributed by atoms with Crippen molar-refractivity contribution in [1.29, 1.82) is 0 Å². The van der Waals surface area contributed by atoms with Crippen LogP contribution in [-0.4, -0.2) is 45.9 Å². The molecule has 82 valence electrons. The van der Waals surface area contributed by atoms with Crippen molar-refractivity contribution in [1.82, 2.24) is 4.90 Å². The van der Waals surface area contributed by atoms with Crippen LogP contribution < -0.4 is 0 Å². The molecule has 2 rings (SSSR count). The standard InChI is InChI=1S/C11H21NO2/c1-10(13)7-12(8-10)9-11(14)5-3-2-4-6-11/h13-14H,2-9H2,1H3. The molecule has 0 aromatic heterocycles. The number of nitrogens with zero attached hydrogens (tertiary/aromatic N) is 1. The van der Waals surface area contributed by atoms with Crippen molar-refractivity contribution in [2.45, 2.75) is 50.2 Å². The Labute approximate surface area is 85.7 Å². The maximum Gasteiger partial charge on any atom is 0.0872 e. The maximum absolute atomic E-state index is 10.3. The van der Waals surface area contributed by atoms with E-state index in [1.807, 2.05) is 6.92 Å². The van der Waals surface area contributed by atoms with Crippen LogP contribution in [0.2, 0.25) is 0 Å². The molecule has 0 spiro atoms. The zero-order valence-electron chi connectivity index (χ0n) is 9.00. The van der Waals surface area contributed by atoms with Gasteiger partial charge in [0.1, 0.15) is 0 Å². The first-order valence-corrected chi connectivity index (χ1v) is 5.66. The van der Waals surface area contributed by atoms with Crippen LogP contribution >= 0.6 is 0 Å². The van der Waals surface area contributed by atoms with E-state index in [0.29, 0.717) is 0 Å². The Kier molecular flexibility index (Phi) is 2.58. The summed E-state index contributed by atoms with van der Waals surface area (Å²) in [6, 6.07) is 0. The van der Waals surface area contributed by atoms with Gasteiger partial charge in [0.2, 0.25) is 0 Å². The highest BCUT2D eigenvalue weighted by Crippen LogP contribution is 2.31. The molecule has 0 aromatic rings. The molecule has 0 unspecified atom stereocenters. The molecule has 3 nitrogen and oxygen atoms in total. The van der Waals surface area contributed by atoms with Gasteiger partial charge >= 0.3 is 0 Å². The maximum atomic E-state index is 10.3.